The Balaban J connectivity index is 1.32. The minimum atomic E-state index is -3.73. The van der Waals surface area contributed by atoms with Gasteiger partial charge < -0.3 is 4.90 Å². The Morgan fingerprint density at radius 2 is 1.86 bits per heavy atom. The molecule has 1 aliphatic rings. The van der Waals surface area contributed by atoms with E-state index in [9.17, 15) is 18.0 Å². The van der Waals surface area contributed by atoms with Crippen LogP contribution in [0.5, 0.6) is 0 Å². The fourth-order valence-electron chi connectivity index (χ4n) is 4.28. The molecular weight excluding hydrogens is 506 g/mol. The van der Waals surface area contributed by atoms with Crippen LogP contribution in [0.15, 0.2) is 69.9 Å². The van der Waals surface area contributed by atoms with Gasteiger partial charge in [-0.15, -0.1) is 11.3 Å². The van der Waals surface area contributed by atoms with Crippen molar-refractivity contribution < 1.29 is 13.2 Å². The Bertz CT molecular complexity index is 1570. The Morgan fingerprint density at radius 3 is 2.54 bits per heavy atom. The molecule has 0 spiro atoms. The third-order valence-corrected chi connectivity index (χ3v) is 9.51. The monoisotopic (exact) mass is 527 g/mol. The van der Waals surface area contributed by atoms with Crippen molar-refractivity contribution in [3.05, 3.63) is 81.2 Å². The van der Waals surface area contributed by atoms with Gasteiger partial charge in [0, 0.05) is 43.0 Å². The zero-order valence-corrected chi connectivity index (χ0v) is 21.1. The first-order chi connectivity index (χ1) is 16.8. The summed E-state index contributed by atoms with van der Waals surface area (Å²) in [6, 6.07) is 14.0. The zero-order chi connectivity index (χ0) is 24.6. The van der Waals surface area contributed by atoms with Crippen molar-refractivity contribution in [2.75, 3.05) is 23.7 Å². The maximum Gasteiger partial charge on any atom is 0.264 e. The molecule has 0 bridgehead atoms. The van der Waals surface area contributed by atoms with E-state index in [0.717, 1.165) is 35.5 Å². The first kappa shape index (κ1) is 23.7. The topological polar surface area (TPSA) is 89.3 Å². The van der Waals surface area contributed by atoms with E-state index < -0.39 is 21.4 Å². The molecule has 1 aromatic carbocycles. The van der Waals surface area contributed by atoms with Gasteiger partial charge in [-0.25, -0.2) is 13.4 Å². The number of pyridine rings is 2. The van der Waals surface area contributed by atoms with E-state index in [-0.39, 0.29) is 16.2 Å². The fraction of sp³-hybridized carbons (Fsp3) is 0.240. The Hall–Kier alpha value is -3.01. The van der Waals surface area contributed by atoms with E-state index in [0.29, 0.717) is 21.1 Å². The van der Waals surface area contributed by atoms with Crippen molar-refractivity contribution in [2.45, 2.75) is 23.5 Å². The quantitative estimate of drug-likeness (QED) is 0.356. The van der Waals surface area contributed by atoms with Crippen molar-refractivity contribution in [3.63, 3.8) is 0 Å². The minimum absolute atomic E-state index is 0.0719. The van der Waals surface area contributed by atoms with Gasteiger partial charge in [-0.1, -0.05) is 17.7 Å². The number of nitrogens with zero attached hydrogens (tertiary/aromatic N) is 3. The molecule has 7 nitrogen and oxygen atoms in total. The number of halogens is 1. The van der Waals surface area contributed by atoms with Crippen molar-refractivity contribution >= 4 is 55.0 Å². The molecule has 4 heterocycles. The third kappa shape index (κ3) is 5.03. The molecule has 0 radical (unpaired) electrons. The van der Waals surface area contributed by atoms with Gasteiger partial charge in [0.05, 0.1) is 4.34 Å². The predicted molar refractivity (Wildman–Crippen MR) is 139 cm³/mol. The van der Waals surface area contributed by atoms with Crippen LogP contribution in [0.1, 0.15) is 18.4 Å². The molecule has 3 aromatic heterocycles. The summed E-state index contributed by atoms with van der Waals surface area (Å²) in [5.74, 6) is -0.617. The molecule has 0 atom stereocenters. The van der Waals surface area contributed by atoms with Crippen molar-refractivity contribution in [2.24, 2.45) is 0 Å². The van der Waals surface area contributed by atoms with E-state index in [1.807, 2.05) is 24.3 Å². The van der Waals surface area contributed by atoms with Crippen molar-refractivity contribution in [3.8, 4) is 5.82 Å². The van der Waals surface area contributed by atoms with E-state index in [1.165, 1.54) is 35.7 Å². The van der Waals surface area contributed by atoms with Crippen LogP contribution >= 0.6 is 22.9 Å². The van der Waals surface area contributed by atoms with Gasteiger partial charge >= 0.3 is 0 Å². The van der Waals surface area contributed by atoms with Crippen LogP contribution in [0.25, 0.3) is 16.6 Å². The van der Waals surface area contributed by atoms with Crippen LogP contribution in [0, 0.1) is 0 Å². The molecule has 1 saturated heterocycles. The average molecular weight is 528 g/mol. The number of rotatable bonds is 7. The number of Topliss-reactive ketones (excluding diaryl/α,β-unsaturated/α-hetero) is 1. The van der Waals surface area contributed by atoms with Gasteiger partial charge in [-0.3, -0.25) is 14.2 Å². The number of thiophene rings is 1. The van der Waals surface area contributed by atoms with E-state index >= 15 is 0 Å². The molecular formula is C25H22ClN3O4S2. The molecule has 10 heteroatoms. The van der Waals surface area contributed by atoms with E-state index in [2.05, 4.69) is 9.88 Å². The Labute approximate surface area is 211 Å². The first-order valence-electron chi connectivity index (χ1n) is 11.2. The molecule has 1 fully saturated rings. The second-order valence-electron chi connectivity index (χ2n) is 8.51. The molecule has 180 valence electrons. The lowest BCUT2D eigenvalue weighted by Gasteiger charge is -2.18. The maximum atomic E-state index is 13.1. The number of carbonyl (C=O) groups is 1. The van der Waals surface area contributed by atoms with Gasteiger partial charge in [0.25, 0.3) is 5.56 Å². The van der Waals surface area contributed by atoms with Crippen molar-refractivity contribution in [1.29, 1.82) is 0 Å². The molecule has 5 rings (SSSR count). The first-order valence-corrected chi connectivity index (χ1v) is 14.0. The maximum absolute atomic E-state index is 13.1. The van der Waals surface area contributed by atoms with Crippen LogP contribution in [0.4, 0.5) is 5.69 Å². The molecule has 1 aliphatic heterocycles. The molecule has 0 amide bonds. The largest absolute Gasteiger partial charge is 0.372 e. The number of benzene rings is 1. The van der Waals surface area contributed by atoms with Gasteiger partial charge in [-0.05, 0) is 66.3 Å². The Morgan fingerprint density at radius 1 is 1.06 bits per heavy atom. The summed E-state index contributed by atoms with van der Waals surface area (Å²) in [4.78, 5) is 32.2. The summed E-state index contributed by atoms with van der Waals surface area (Å²) < 4.78 is 26.7. The van der Waals surface area contributed by atoms with Crippen LogP contribution in [-0.2, 0) is 21.1 Å². The van der Waals surface area contributed by atoms with E-state index in [4.69, 9.17) is 11.6 Å². The molecule has 0 saturated carbocycles. The molecule has 0 aliphatic carbocycles. The van der Waals surface area contributed by atoms with Crippen molar-refractivity contribution in [1.82, 2.24) is 9.55 Å². The number of hydrogen-bond acceptors (Lipinski definition) is 7. The number of ketones is 1. The molecule has 4 aromatic rings. The number of aromatic nitrogens is 2. The average Bonchev–Trinajstić information content (AvgIpc) is 3.52. The van der Waals surface area contributed by atoms with Gasteiger partial charge in [-0.2, -0.15) is 0 Å². The number of fused-ring (bicyclic) bond motifs is 1. The highest BCUT2D eigenvalue weighted by Crippen LogP contribution is 2.27. The van der Waals surface area contributed by atoms with Crippen LogP contribution in [-0.4, -0.2) is 42.6 Å². The third-order valence-electron chi connectivity index (χ3n) is 6.02. The summed E-state index contributed by atoms with van der Waals surface area (Å²) in [6.07, 6.45) is 5.50. The fourth-order valence-corrected chi connectivity index (χ4v) is 7.09. The highest BCUT2D eigenvalue weighted by molar-refractivity contribution is 7.94. The number of anilines is 1. The van der Waals surface area contributed by atoms with E-state index in [1.54, 1.807) is 18.3 Å². The number of hydrogen-bond donors (Lipinski definition) is 0. The predicted octanol–water partition coefficient (Wildman–Crippen LogP) is 4.29. The summed E-state index contributed by atoms with van der Waals surface area (Å²) in [5, 5.41) is 1.49. The summed E-state index contributed by atoms with van der Waals surface area (Å²) in [5.41, 5.74) is 1.53. The molecule has 0 N–H and O–H groups in total. The second-order valence-corrected chi connectivity index (χ2v) is 12.4. The lowest BCUT2D eigenvalue weighted by atomic mass is 10.1. The zero-order valence-electron chi connectivity index (χ0n) is 18.7. The minimum Gasteiger partial charge on any atom is -0.372 e. The van der Waals surface area contributed by atoms with Gasteiger partial charge in [0.1, 0.15) is 15.8 Å². The Kier molecular flexibility index (Phi) is 6.48. The van der Waals surface area contributed by atoms with Gasteiger partial charge in [0.15, 0.2) is 15.6 Å². The highest BCUT2D eigenvalue weighted by Gasteiger charge is 2.21. The smallest absolute Gasteiger partial charge is 0.264 e. The summed E-state index contributed by atoms with van der Waals surface area (Å²) >= 11 is 6.74. The molecule has 35 heavy (non-hydrogen) atoms. The number of sulfone groups is 1. The summed E-state index contributed by atoms with van der Waals surface area (Å²) in [7, 11) is -3.73. The number of carbonyl (C=O) groups excluding carboxylic acids is 1. The lowest BCUT2D eigenvalue weighted by Crippen LogP contribution is -2.20. The van der Waals surface area contributed by atoms with Crippen LogP contribution < -0.4 is 10.5 Å². The lowest BCUT2D eigenvalue weighted by molar-refractivity contribution is -0.116. The molecule has 0 unspecified atom stereocenters. The normalized spacial score (nSPS) is 14.0. The second kappa shape index (κ2) is 9.56. The van der Waals surface area contributed by atoms with Gasteiger partial charge in [0.2, 0.25) is 0 Å². The summed E-state index contributed by atoms with van der Waals surface area (Å²) in [6.45, 7) is 2.07. The SMILES string of the molecule is O=C(Cc1ccc(-n2ccc3cc(N4CCCC4)ccc3c2=O)nc1)CS(=O)(=O)c1ccc(Cl)s1. The van der Waals surface area contributed by atoms with Crippen LogP contribution in [0.2, 0.25) is 4.34 Å². The van der Waals surface area contributed by atoms with Crippen LogP contribution in [0.3, 0.4) is 0 Å². The highest BCUT2D eigenvalue weighted by atomic mass is 35.5. The standard InChI is InChI=1S/C25H22ClN3O4S2/c26-22-6-8-24(34-22)35(32,33)16-20(30)13-17-3-7-23(27-15-17)29-12-9-18-14-19(28-10-1-2-11-28)4-5-21(18)25(29)31/h3-9,12,14-15H,1-2,10-11,13,16H2.